The lowest BCUT2D eigenvalue weighted by Crippen LogP contribution is -2.19. The summed E-state index contributed by atoms with van der Waals surface area (Å²) in [4.78, 5) is 0. The lowest BCUT2D eigenvalue weighted by molar-refractivity contribution is 0.394. The second-order valence-corrected chi connectivity index (χ2v) is 6.19. The van der Waals surface area contributed by atoms with Gasteiger partial charge in [-0.3, -0.25) is 0 Å². The summed E-state index contributed by atoms with van der Waals surface area (Å²) in [5.74, 6) is 1.04. The SMILES string of the molecule is COc1cccc(C2(C)CC2)c1C(C)(C)C. The molecule has 1 aliphatic rings. The normalized spacial score (nSPS) is 18.3. The third kappa shape index (κ3) is 1.83. The Morgan fingerprint density at radius 1 is 1.19 bits per heavy atom. The first kappa shape index (κ1) is 11.5. The molecule has 88 valence electrons. The predicted octanol–water partition coefficient (Wildman–Crippen LogP) is 4.04. The Balaban J connectivity index is 2.60. The van der Waals surface area contributed by atoms with E-state index in [0.717, 1.165) is 5.75 Å². The number of hydrogen-bond donors (Lipinski definition) is 0. The maximum absolute atomic E-state index is 5.54. The molecule has 1 aromatic rings. The summed E-state index contributed by atoms with van der Waals surface area (Å²) in [5, 5.41) is 0. The monoisotopic (exact) mass is 218 g/mol. The van der Waals surface area contributed by atoms with Crippen molar-refractivity contribution in [2.24, 2.45) is 0 Å². The van der Waals surface area contributed by atoms with Crippen molar-refractivity contribution in [3.8, 4) is 5.75 Å². The smallest absolute Gasteiger partial charge is 0.122 e. The topological polar surface area (TPSA) is 9.23 Å². The van der Waals surface area contributed by atoms with Gasteiger partial charge >= 0.3 is 0 Å². The summed E-state index contributed by atoms with van der Waals surface area (Å²) in [7, 11) is 1.77. The Labute approximate surface area is 98.8 Å². The van der Waals surface area contributed by atoms with Gasteiger partial charge in [-0.1, -0.05) is 39.8 Å². The van der Waals surface area contributed by atoms with E-state index in [0.29, 0.717) is 5.41 Å². The summed E-state index contributed by atoms with van der Waals surface area (Å²) in [6.07, 6.45) is 2.62. The van der Waals surface area contributed by atoms with Crippen LogP contribution >= 0.6 is 0 Å². The molecule has 1 aliphatic carbocycles. The van der Waals surface area contributed by atoms with E-state index in [1.165, 1.54) is 24.0 Å². The standard InChI is InChI=1S/C15H22O/c1-14(2,3)13-11(15(4)9-10-15)7-6-8-12(13)16-5/h6-8H,9-10H2,1-5H3. The molecule has 0 heterocycles. The van der Waals surface area contributed by atoms with Gasteiger partial charge in [-0.2, -0.15) is 0 Å². The van der Waals surface area contributed by atoms with E-state index in [-0.39, 0.29) is 5.41 Å². The van der Waals surface area contributed by atoms with Crippen molar-refractivity contribution < 1.29 is 4.74 Å². The molecule has 1 heteroatoms. The first-order valence-electron chi connectivity index (χ1n) is 6.06. The number of ether oxygens (including phenoxy) is 1. The zero-order valence-corrected chi connectivity index (χ0v) is 11.1. The summed E-state index contributed by atoms with van der Waals surface area (Å²) in [6, 6.07) is 6.47. The van der Waals surface area contributed by atoms with Gasteiger partial charge in [-0.25, -0.2) is 0 Å². The molecule has 0 amide bonds. The van der Waals surface area contributed by atoms with Crippen molar-refractivity contribution in [2.45, 2.75) is 51.4 Å². The molecule has 0 saturated heterocycles. The molecule has 0 spiro atoms. The fourth-order valence-electron chi connectivity index (χ4n) is 2.43. The van der Waals surface area contributed by atoms with Crippen molar-refractivity contribution in [2.75, 3.05) is 7.11 Å². The molecule has 0 radical (unpaired) electrons. The zero-order valence-electron chi connectivity index (χ0n) is 11.1. The third-order valence-corrected chi connectivity index (χ3v) is 3.65. The first-order chi connectivity index (χ1) is 7.38. The molecule has 0 N–H and O–H groups in total. The van der Waals surface area contributed by atoms with Crippen molar-refractivity contribution in [3.63, 3.8) is 0 Å². The van der Waals surface area contributed by atoms with Gasteiger partial charge in [0, 0.05) is 5.56 Å². The van der Waals surface area contributed by atoms with Gasteiger partial charge < -0.3 is 4.74 Å². The van der Waals surface area contributed by atoms with Gasteiger partial charge in [0.05, 0.1) is 7.11 Å². The highest BCUT2D eigenvalue weighted by Crippen LogP contribution is 2.52. The first-order valence-corrected chi connectivity index (χ1v) is 6.06. The Morgan fingerprint density at radius 3 is 2.25 bits per heavy atom. The predicted molar refractivity (Wildman–Crippen MR) is 68.3 cm³/mol. The van der Waals surface area contributed by atoms with E-state index in [9.17, 15) is 0 Å². The van der Waals surface area contributed by atoms with Crippen LogP contribution in [0.3, 0.4) is 0 Å². The molecule has 1 fully saturated rings. The van der Waals surface area contributed by atoms with E-state index in [1.54, 1.807) is 7.11 Å². The highest BCUT2D eigenvalue weighted by molar-refractivity contribution is 5.49. The average molecular weight is 218 g/mol. The third-order valence-electron chi connectivity index (χ3n) is 3.65. The fraction of sp³-hybridized carbons (Fsp3) is 0.600. The van der Waals surface area contributed by atoms with Gasteiger partial charge in [0.1, 0.15) is 5.75 Å². The molecule has 0 bridgehead atoms. The van der Waals surface area contributed by atoms with Crippen LogP contribution in [0.5, 0.6) is 5.75 Å². The molecule has 1 nitrogen and oxygen atoms in total. The minimum atomic E-state index is 0.146. The molecule has 0 atom stereocenters. The van der Waals surface area contributed by atoms with E-state index in [1.807, 2.05) is 0 Å². The van der Waals surface area contributed by atoms with Crippen LogP contribution in [0.4, 0.5) is 0 Å². The van der Waals surface area contributed by atoms with Crippen LogP contribution in [0, 0.1) is 0 Å². The van der Waals surface area contributed by atoms with Gasteiger partial charge in [0.25, 0.3) is 0 Å². The molecular weight excluding hydrogens is 196 g/mol. The Hall–Kier alpha value is -0.980. The van der Waals surface area contributed by atoms with Crippen molar-refractivity contribution in [3.05, 3.63) is 29.3 Å². The van der Waals surface area contributed by atoms with Crippen molar-refractivity contribution >= 4 is 0 Å². The maximum Gasteiger partial charge on any atom is 0.122 e. The molecule has 1 saturated carbocycles. The van der Waals surface area contributed by atoms with Crippen LogP contribution in [0.1, 0.15) is 51.7 Å². The quantitative estimate of drug-likeness (QED) is 0.728. The minimum Gasteiger partial charge on any atom is -0.496 e. The lowest BCUT2D eigenvalue weighted by Gasteiger charge is -2.28. The summed E-state index contributed by atoms with van der Waals surface area (Å²) < 4.78 is 5.54. The Morgan fingerprint density at radius 2 is 1.81 bits per heavy atom. The average Bonchev–Trinajstić information content (AvgIpc) is 2.95. The van der Waals surface area contributed by atoms with E-state index >= 15 is 0 Å². The number of benzene rings is 1. The summed E-state index contributed by atoms with van der Waals surface area (Å²) in [5.41, 5.74) is 3.42. The molecule has 1 aromatic carbocycles. The van der Waals surface area contributed by atoms with Crippen LogP contribution in [0.2, 0.25) is 0 Å². The van der Waals surface area contributed by atoms with Crippen LogP contribution in [0.25, 0.3) is 0 Å². The Kier molecular flexibility index (Phi) is 2.52. The van der Waals surface area contributed by atoms with Crippen molar-refractivity contribution in [1.29, 1.82) is 0 Å². The Bertz CT molecular complexity index is 394. The van der Waals surface area contributed by atoms with Crippen LogP contribution in [0.15, 0.2) is 18.2 Å². The second-order valence-electron chi connectivity index (χ2n) is 6.19. The minimum absolute atomic E-state index is 0.146. The molecule has 0 aromatic heterocycles. The van der Waals surface area contributed by atoms with Crippen LogP contribution < -0.4 is 4.74 Å². The largest absolute Gasteiger partial charge is 0.496 e. The van der Waals surface area contributed by atoms with Gasteiger partial charge in [0.15, 0.2) is 0 Å². The molecule has 2 rings (SSSR count). The lowest BCUT2D eigenvalue weighted by atomic mass is 9.78. The second kappa shape index (κ2) is 3.51. The highest BCUT2D eigenvalue weighted by Gasteiger charge is 2.42. The van der Waals surface area contributed by atoms with Gasteiger partial charge in [-0.15, -0.1) is 0 Å². The highest BCUT2D eigenvalue weighted by atomic mass is 16.5. The number of rotatable bonds is 2. The zero-order chi connectivity index (χ0) is 12.0. The van der Waals surface area contributed by atoms with E-state index < -0.39 is 0 Å². The van der Waals surface area contributed by atoms with Gasteiger partial charge in [-0.05, 0) is 35.3 Å². The van der Waals surface area contributed by atoms with E-state index in [2.05, 4.69) is 45.9 Å². The van der Waals surface area contributed by atoms with E-state index in [4.69, 9.17) is 4.74 Å². The molecule has 0 unspecified atom stereocenters. The summed E-state index contributed by atoms with van der Waals surface area (Å²) in [6.45, 7) is 9.15. The van der Waals surface area contributed by atoms with Gasteiger partial charge in [0.2, 0.25) is 0 Å². The maximum atomic E-state index is 5.54. The molecule has 0 aliphatic heterocycles. The van der Waals surface area contributed by atoms with Crippen LogP contribution in [-0.4, -0.2) is 7.11 Å². The van der Waals surface area contributed by atoms with Crippen molar-refractivity contribution in [1.82, 2.24) is 0 Å². The number of methoxy groups -OCH3 is 1. The summed E-state index contributed by atoms with van der Waals surface area (Å²) >= 11 is 0. The molecular formula is C15H22O. The molecule has 16 heavy (non-hydrogen) atoms. The van der Waals surface area contributed by atoms with Crippen LogP contribution in [-0.2, 0) is 10.8 Å². The number of hydrogen-bond acceptors (Lipinski definition) is 1. The fourth-order valence-corrected chi connectivity index (χ4v) is 2.43.